The molecule has 0 saturated heterocycles. The SMILES string of the molecule is BrCCC/C=C\c1ccco1. The monoisotopic (exact) mass is 214 g/mol. The van der Waals surface area contributed by atoms with Gasteiger partial charge in [-0.1, -0.05) is 22.0 Å². The summed E-state index contributed by atoms with van der Waals surface area (Å²) in [6, 6.07) is 3.84. The van der Waals surface area contributed by atoms with Gasteiger partial charge in [0.1, 0.15) is 5.76 Å². The van der Waals surface area contributed by atoms with E-state index in [0.717, 1.165) is 17.5 Å². The zero-order valence-corrected chi connectivity index (χ0v) is 7.88. The first-order valence-corrected chi connectivity index (χ1v) is 4.81. The molecule has 0 aliphatic carbocycles. The first-order valence-electron chi connectivity index (χ1n) is 3.69. The number of hydrogen-bond acceptors (Lipinski definition) is 1. The Morgan fingerprint density at radius 1 is 1.55 bits per heavy atom. The molecule has 0 radical (unpaired) electrons. The molecule has 2 heteroatoms. The molecule has 1 nitrogen and oxygen atoms in total. The zero-order chi connectivity index (χ0) is 7.94. The largest absolute Gasteiger partial charge is 0.465 e. The Hall–Kier alpha value is -0.500. The number of rotatable bonds is 4. The average Bonchev–Trinajstić information content (AvgIpc) is 2.50. The van der Waals surface area contributed by atoms with E-state index in [2.05, 4.69) is 22.0 Å². The van der Waals surface area contributed by atoms with Gasteiger partial charge in [0.05, 0.1) is 6.26 Å². The Morgan fingerprint density at radius 2 is 2.45 bits per heavy atom. The van der Waals surface area contributed by atoms with Crippen molar-refractivity contribution in [2.45, 2.75) is 12.8 Å². The van der Waals surface area contributed by atoms with Gasteiger partial charge in [0, 0.05) is 5.33 Å². The molecule has 0 aliphatic rings. The Kier molecular flexibility index (Phi) is 4.06. The smallest absolute Gasteiger partial charge is 0.126 e. The van der Waals surface area contributed by atoms with E-state index >= 15 is 0 Å². The Labute approximate surface area is 75.2 Å². The molecule has 0 saturated carbocycles. The van der Waals surface area contributed by atoms with Crippen LogP contribution >= 0.6 is 15.9 Å². The van der Waals surface area contributed by atoms with Crippen molar-refractivity contribution in [2.75, 3.05) is 5.33 Å². The van der Waals surface area contributed by atoms with Crippen LogP contribution in [0.15, 0.2) is 28.9 Å². The van der Waals surface area contributed by atoms with Gasteiger partial charge in [-0.2, -0.15) is 0 Å². The van der Waals surface area contributed by atoms with Gasteiger partial charge in [0.15, 0.2) is 0 Å². The molecule has 0 unspecified atom stereocenters. The molecule has 1 rings (SSSR count). The molecule has 1 aromatic heterocycles. The molecular formula is C9H11BrO. The minimum absolute atomic E-state index is 0.930. The van der Waals surface area contributed by atoms with Gasteiger partial charge in [0.25, 0.3) is 0 Å². The predicted octanol–water partition coefficient (Wildman–Crippen LogP) is 3.47. The van der Waals surface area contributed by atoms with E-state index in [-0.39, 0.29) is 0 Å². The minimum Gasteiger partial charge on any atom is -0.465 e. The summed E-state index contributed by atoms with van der Waals surface area (Å²) in [6.07, 6.45) is 8.09. The second-order valence-electron chi connectivity index (χ2n) is 2.25. The average molecular weight is 215 g/mol. The van der Waals surface area contributed by atoms with Crippen molar-refractivity contribution < 1.29 is 4.42 Å². The standard InChI is InChI=1S/C9H11BrO/c10-7-3-1-2-5-9-6-4-8-11-9/h2,4-6,8H,1,3,7H2/b5-2-. The van der Waals surface area contributed by atoms with Crippen molar-refractivity contribution in [3.05, 3.63) is 30.2 Å². The molecule has 0 aromatic carbocycles. The van der Waals surface area contributed by atoms with Crippen molar-refractivity contribution >= 4 is 22.0 Å². The van der Waals surface area contributed by atoms with Crippen LogP contribution in [-0.4, -0.2) is 5.33 Å². The molecule has 1 aromatic rings. The summed E-state index contributed by atoms with van der Waals surface area (Å²) in [5.74, 6) is 0.930. The quantitative estimate of drug-likeness (QED) is 0.553. The van der Waals surface area contributed by atoms with E-state index in [1.807, 2.05) is 18.2 Å². The first-order chi connectivity index (χ1) is 5.43. The van der Waals surface area contributed by atoms with Crippen LogP contribution < -0.4 is 0 Å². The molecule has 0 bridgehead atoms. The zero-order valence-electron chi connectivity index (χ0n) is 6.29. The Balaban J connectivity index is 2.25. The maximum absolute atomic E-state index is 5.12. The Bertz CT molecular complexity index is 201. The second-order valence-corrected chi connectivity index (χ2v) is 3.04. The summed E-state index contributed by atoms with van der Waals surface area (Å²) in [6.45, 7) is 0. The van der Waals surface area contributed by atoms with E-state index in [9.17, 15) is 0 Å². The summed E-state index contributed by atoms with van der Waals surface area (Å²) in [5.41, 5.74) is 0. The lowest BCUT2D eigenvalue weighted by Crippen LogP contribution is -1.69. The van der Waals surface area contributed by atoms with E-state index in [1.165, 1.54) is 6.42 Å². The lowest BCUT2D eigenvalue weighted by molar-refractivity contribution is 0.557. The third-order valence-electron chi connectivity index (χ3n) is 1.33. The second kappa shape index (κ2) is 5.19. The molecule has 0 spiro atoms. The Morgan fingerprint density at radius 3 is 3.09 bits per heavy atom. The van der Waals surface area contributed by atoms with Crippen LogP contribution in [0.4, 0.5) is 0 Å². The molecule has 60 valence electrons. The highest BCUT2D eigenvalue weighted by molar-refractivity contribution is 9.09. The van der Waals surface area contributed by atoms with Gasteiger partial charge < -0.3 is 4.42 Å². The summed E-state index contributed by atoms with van der Waals surface area (Å²) in [4.78, 5) is 0. The number of unbranched alkanes of at least 4 members (excludes halogenated alkanes) is 1. The fraction of sp³-hybridized carbons (Fsp3) is 0.333. The highest BCUT2D eigenvalue weighted by atomic mass is 79.9. The fourth-order valence-corrected chi connectivity index (χ4v) is 1.10. The topological polar surface area (TPSA) is 13.1 Å². The van der Waals surface area contributed by atoms with Gasteiger partial charge in [-0.25, -0.2) is 0 Å². The third-order valence-corrected chi connectivity index (χ3v) is 1.89. The van der Waals surface area contributed by atoms with Crippen LogP contribution in [-0.2, 0) is 0 Å². The van der Waals surface area contributed by atoms with E-state index in [1.54, 1.807) is 6.26 Å². The maximum atomic E-state index is 5.12. The molecule has 0 N–H and O–H groups in total. The van der Waals surface area contributed by atoms with Gasteiger partial charge in [-0.15, -0.1) is 0 Å². The summed E-state index contributed by atoms with van der Waals surface area (Å²) < 4.78 is 5.12. The molecule has 0 fully saturated rings. The van der Waals surface area contributed by atoms with Gasteiger partial charge >= 0.3 is 0 Å². The van der Waals surface area contributed by atoms with Crippen molar-refractivity contribution in [2.24, 2.45) is 0 Å². The van der Waals surface area contributed by atoms with Crippen LogP contribution in [0.1, 0.15) is 18.6 Å². The van der Waals surface area contributed by atoms with E-state index in [0.29, 0.717) is 0 Å². The number of halogens is 1. The highest BCUT2D eigenvalue weighted by Gasteiger charge is 1.85. The lowest BCUT2D eigenvalue weighted by atomic mass is 10.3. The predicted molar refractivity (Wildman–Crippen MR) is 50.8 cm³/mol. The minimum atomic E-state index is 0.930. The van der Waals surface area contributed by atoms with Crippen molar-refractivity contribution in [1.29, 1.82) is 0 Å². The van der Waals surface area contributed by atoms with E-state index < -0.39 is 0 Å². The van der Waals surface area contributed by atoms with Crippen LogP contribution in [0.2, 0.25) is 0 Å². The normalized spacial score (nSPS) is 11.0. The molecular weight excluding hydrogens is 204 g/mol. The van der Waals surface area contributed by atoms with Crippen molar-refractivity contribution in [1.82, 2.24) is 0 Å². The molecule has 0 atom stereocenters. The highest BCUT2D eigenvalue weighted by Crippen LogP contribution is 2.04. The van der Waals surface area contributed by atoms with Crippen molar-refractivity contribution in [3.63, 3.8) is 0 Å². The number of allylic oxidation sites excluding steroid dienone is 1. The van der Waals surface area contributed by atoms with Gasteiger partial charge in [-0.3, -0.25) is 0 Å². The van der Waals surface area contributed by atoms with Crippen LogP contribution in [0.5, 0.6) is 0 Å². The fourth-order valence-electron chi connectivity index (χ4n) is 0.781. The summed E-state index contributed by atoms with van der Waals surface area (Å²) >= 11 is 3.37. The van der Waals surface area contributed by atoms with Gasteiger partial charge in [-0.05, 0) is 31.1 Å². The molecule has 0 aliphatic heterocycles. The maximum Gasteiger partial charge on any atom is 0.126 e. The summed E-state index contributed by atoms with van der Waals surface area (Å²) in [5, 5.41) is 1.06. The van der Waals surface area contributed by atoms with E-state index in [4.69, 9.17) is 4.42 Å². The van der Waals surface area contributed by atoms with Crippen molar-refractivity contribution in [3.8, 4) is 0 Å². The van der Waals surface area contributed by atoms with Gasteiger partial charge in [0.2, 0.25) is 0 Å². The van der Waals surface area contributed by atoms with Crippen LogP contribution in [0.25, 0.3) is 6.08 Å². The lowest BCUT2D eigenvalue weighted by Gasteiger charge is -1.86. The summed E-state index contributed by atoms with van der Waals surface area (Å²) in [7, 11) is 0. The molecule has 0 amide bonds. The van der Waals surface area contributed by atoms with Crippen LogP contribution in [0.3, 0.4) is 0 Å². The number of alkyl halides is 1. The molecule has 1 heterocycles. The molecule has 11 heavy (non-hydrogen) atoms. The first kappa shape index (κ1) is 8.60. The number of hydrogen-bond donors (Lipinski definition) is 0. The third kappa shape index (κ3) is 3.42. The number of furan rings is 1. The van der Waals surface area contributed by atoms with Crippen LogP contribution in [0, 0.1) is 0 Å².